The van der Waals surface area contributed by atoms with Gasteiger partial charge in [0.1, 0.15) is 0 Å². The summed E-state index contributed by atoms with van der Waals surface area (Å²) in [5.74, 6) is 0.653. The van der Waals surface area contributed by atoms with Crippen LogP contribution in [0.2, 0.25) is 0 Å². The Bertz CT molecular complexity index is 169. The zero-order chi connectivity index (χ0) is 9.98. The molecule has 70 valence electrons. The Balaban J connectivity index is 0. The van der Waals surface area contributed by atoms with E-state index in [-0.39, 0.29) is 0 Å². The number of hydrogen-bond acceptors (Lipinski definition) is 2. The van der Waals surface area contributed by atoms with E-state index >= 15 is 0 Å². The molecule has 0 amide bonds. The van der Waals surface area contributed by atoms with Crippen molar-refractivity contribution >= 4 is 5.90 Å². The van der Waals surface area contributed by atoms with E-state index < -0.39 is 0 Å². The molecule has 0 heterocycles. The second-order valence-electron chi connectivity index (χ2n) is 1.82. The summed E-state index contributed by atoms with van der Waals surface area (Å²) in [6, 6.07) is 0. The molecule has 0 aliphatic carbocycles. The Morgan fingerprint density at radius 2 is 1.92 bits per heavy atom. The number of methoxy groups -OCH3 is 1. The van der Waals surface area contributed by atoms with Crippen molar-refractivity contribution in [1.82, 2.24) is 0 Å². The highest BCUT2D eigenvalue weighted by molar-refractivity contribution is 5.92. The van der Waals surface area contributed by atoms with Crippen LogP contribution in [0, 0.1) is 0 Å². The number of rotatable bonds is 2. The molecule has 0 unspecified atom stereocenters. The van der Waals surface area contributed by atoms with E-state index in [2.05, 4.69) is 11.6 Å². The molecule has 0 aliphatic rings. The molecule has 0 saturated heterocycles. The first kappa shape index (κ1) is 13.5. The van der Waals surface area contributed by atoms with Crippen LogP contribution in [0.4, 0.5) is 0 Å². The molecule has 0 aliphatic heterocycles. The number of hydrogen-bond donors (Lipinski definition) is 0. The van der Waals surface area contributed by atoms with Crippen molar-refractivity contribution in [3.8, 4) is 0 Å². The maximum Gasteiger partial charge on any atom is 0.211 e. The number of nitrogens with zero attached hydrogens (tertiary/aromatic N) is 1. The molecule has 0 aromatic rings. The average molecular weight is 169 g/mol. The topological polar surface area (TPSA) is 21.6 Å². The summed E-state index contributed by atoms with van der Waals surface area (Å²) >= 11 is 0. The van der Waals surface area contributed by atoms with Gasteiger partial charge >= 0.3 is 0 Å². The maximum atomic E-state index is 4.95. The highest BCUT2D eigenvalue weighted by Crippen LogP contribution is 1.96. The van der Waals surface area contributed by atoms with Crippen molar-refractivity contribution < 1.29 is 4.74 Å². The minimum atomic E-state index is 0.653. The number of aliphatic imine (C=N–C) groups is 1. The lowest BCUT2D eigenvalue weighted by Gasteiger charge is -2.01. The summed E-state index contributed by atoms with van der Waals surface area (Å²) in [4.78, 5) is 3.90. The molecule has 0 bridgehead atoms. The van der Waals surface area contributed by atoms with Crippen molar-refractivity contribution in [2.75, 3.05) is 14.2 Å². The fourth-order valence-electron chi connectivity index (χ4n) is 0.677. The second-order valence-corrected chi connectivity index (χ2v) is 1.82. The summed E-state index contributed by atoms with van der Waals surface area (Å²) in [7, 11) is 3.29. The zero-order valence-corrected chi connectivity index (χ0v) is 8.72. The molecule has 2 nitrogen and oxygen atoms in total. The van der Waals surface area contributed by atoms with E-state index in [0.29, 0.717) is 5.90 Å². The van der Waals surface area contributed by atoms with Gasteiger partial charge in [-0.3, -0.25) is 4.99 Å². The molecule has 0 radical (unpaired) electrons. The van der Waals surface area contributed by atoms with E-state index in [0.717, 1.165) is 5.57 Å². The van der Waals surface area contributed by atoms with Gasteiger partial charge in [-0.25, -0.2) is 0 Å². The Hall–Kier alpha value is -1.05. The van der Waals surface area contributed by atoms with Crippen LogP contribution >= 0.6 is 0 Å². The lowest BCUT2D eigenvalue weighted by molar-refractivity contribution is 0.403. The van der Waals surface area contributed by atoms with Gasteiger partial charge in [0.15, 0.2) is 0 Å². The molecule has 2 heteroatoms. The first-order chi connectivity index (χ1) is 5.76. The predicted molar refractivity (Wildman–Crippen MR) is 55.7 cm³/mol. The average Bonchev–Trinajstić information content (AvgIpc) is 2.11. The first-order valence-electron chi connectivity index (χ1n) is 4.06. The molecule has 0 atom stereocenters. The lowest BCUT2D eigenvalue weighted by Crippen LogP contribution is -2.01. The van der Waals surface area contributed by atoms with Gasteiger partial charge in [-0.2, -0.15) is 0 Å². The van der Waals surface area contributed by atoms with Gasteiger partial charge in [-0.1, -0.05) is 32.6 Å². The highest BCUT2D eigenvalue weighted by Gasteiger charge is 1.96. The quantitative estimate of drug-likeness (QED) is 0.354. The summed E-state index contributed by atoms with van der Waals surface area (Å²) in [5, 5.41) is 0. The van der Waals surface area contributed by atoms with Crippen LogP contribution in [-0.2, 0) is 4.74 Å². The van der Waals surface area contributed by atoms with Crippen molar-refractivity contribution in [2.24, 2.45) is 4.99 Å². The minimum absolute atomic E-state index is 0.653. The third-order valence-electron chi connectivity index (χ3n) is 1.10. The smallest absolute Gasteiger partial charge is 0.211 e. The van der Waals surface area contributed by atoms with E-state index in [9.17, 15) is 0 Å². The lowest BCUT2D eigenvalue weighted by atomic mass is 10.3. The fourth-order valence-corrected chi connectivity index (χ4v) is 0.677. The Morgan fingerprint density at radius 1 is 1.42 bits per heavy atom. The van der Waals surface area contributed by atoms with Crippen molar-refractivity contribution in [2.45, 2.75) is 20.8 Å². The Kier molecular flexibility index (Phi) is 11.2. The van der Waals surface area contributed by atoms with Crippen LogP contribution in [0.3, 0.4) is 0 Å². The van der Waals surface area contributed by atoms with Gasteiger partial charge in [0.05, 0.1) is 7.11 Å². The van der Waals surface area contributed by atoms with E-state index in [1.165, 1.54) is 0 Å². The molecule has 0 spiro atoms. The third-order valence-corrected chi connectivity index (χ3v) is 1.10. The number of ether oxygens (including phenoxy) is 1. The van der Waals surface area contributed by atoms with E-state index in [1.807, 2.05) is 26.8 Å². The normalized spacial score (nSPS) is 11.4. The van der Waals surface area contributed by atoms with Crippen LogP contribution in [0.15, 0.2) is 29.3 Å². The third kappa shape index (κ3) is 5.71. The Morgan fingerprint density at radius 3 is 2.17 bits per heavy atom. The zero-order valence-electron chi connectivity index (χ0n) is 8.72. The van der Waals surface area contributed by atoms with Crippen molar-refractivity contribution in [3.05, 3.63) is 24.3 Å². The van der Waals surface area contributed by atoms with Gasteiger partial charge in [-0.15, -0.1) is 0 Å². The maximum absolute atomic E-state index is 4.95. The monoisotopic (exact) mass is 169 g/mol. The van der Waals surface area contributed by atoms with Crippen molar-refractivity contribution in [3.63, 3.8) is 0 Å². The van der Waals surface area contributed by atoms with Crippen LogP contribution < -0.4 is 0 Å². The minimum Gasteiger partial charge on any atom is -0.481 e. The molecular formula is C10H19NO. The van der Waals surface area contributed by atoms with Crippen LogP contribution in [-0.4, -0.2) is 20.1 Å². The molecule has 0 aromatic carbocycles. The van der Waals surface area contributed by atoms with E-state index in [4.69, 9.17) is 4.74 Å². The largest absolute Gasteiger partial charge is 0.481 e. The van der Waals surface area contributed by atoms with Gasteiger partial charge in [0.25, 0.3) is 0 Å². The van der Waals surface area contributed by atoms with Crippen LogP contribution in [0.25, 0.3) is 0 Å². The van der Waals surface area contributed by atoms with Crippen LogP contribution in [0.5, 0.6) is 0 Å². The standard InChI is InChI=1S/C8H13NO.C2H6/c1-5-6-7(2)8(9-3)10-4;1-2/h5-6H,1H2,2-4H3;1-2H3/b7-6-,9-8?;. The molecule has 0 aromatic heterocycles. The van der Waals surface area contributed by atoms with Crippen molar-refractivity contribution in [1.29, 1.82) is 0 Å². The Labute approximate surface area is 75.7 Å². The summed E-state index contributed by atoms with van der Waals surface area (Å²) in [6.07, 6.45) is 3.56. The molecular weight excluding hydrogens is 150 g/mol. The SMILES string of the molecule is C=C/C=C(/C)C(=NC)OC.CC. The summed E-state index contributed by atoms with van der Waals surface area (Å²) in [5.41, 5.74) is 0.986. The van der Waals surface area contributed by atoms with E-state index in [1.54, 1.807) is 20.2 Å². The number of allylic oxidation sites excluding steroid dienone is 2. The second kappa shape index (κ2) is 9.95. The van der Waals surface area contributed by atoms with Gasteiger partial charge in [-0.05, 0) is 6.92 Å². The molecule has 12 heavy (non-hydrogen) atoms. The molecule has 0 N–H and O–H groups in total. The first-order valence-corrected chi connectivity index (χ1v) is 4.06. The van der Waals surface area contributed by atoms with Gasteiger partial charge in [0, 0.05) is 12.6 Å². The highest BCUT2D eigenvalue weighted by atomic mass is 16.5. The molecule has 0 saturated carbocycles. The fraction of sp³-hybridized carbons (Fsp3) is 0.500. The van der Waals surface area contributed by atoms with Gasteiger partial charge < -0.3 is 4.74 Å². The van der Waals surface area contributed by atoms with Crippen LogP contribution in [0.1, 0.15) is 20.8 Å². The summed E-state index contributed by atoms with van der Waals surface area (Å²) in [6.45, 7) is 9.49. The van der Waals surface area contributed by atoms with Gasteiger partial charge in [0.2, 0.25) is 5.90 Å². The molecule has 0 rings (SSSR count). The summed E-state index contributed by atoms with van der Waals surface area (Å²) < 4.78 is 4.95. The predicted octanol–water partition coefficient (Wildman–Crippen LogP) is 2.82. The molecule has 0 fully saturated rings.